The molecule has 2 heteroatoms. The fourth-order valence-corrected chi connectivity index (χ4v) is 1.53. The summed E-state index contributed by atoms with van der Waals surface area (Å²) < 4.78 is 0. The lowest BCUT2D eigenvalue weighted by Crippen LogP contribution is -1.93. The summed E-state index contributed by atoms with van der Waals surface area (Å²) in [5, 5.41) is 8.28. The van der Waals surface area contributed by atoms with Crippen molar-refractivity contribution in [3.8, 4) is 0 Å². The van der Waals surface area contributed by atoms with Crippen LogP contribution in [0.25, 0.3) is 0 Å². The van der Waals surface area contributed by atoms with Crippen molar-refractivity contribution in [1.29, 1.82) is 0 Å². The van der Waals surface area contributed by atoms with E-state index in [1.54, 1.807) is 0 Å². The van der Waals surface area contributed by atoms with Crippen LogP contribution in [0.4, 0.5) is 0 Å². The van der Waals surface area contributed by atoms with Crippen LogP contribution in [0.15, 0.2) is 0 Å². The fourth-order valence-electron chi connectivity index (χ4n) is 0.392. The maximum Gasteiger partial charge on any atom is 0.152 e. The Hall–Kier alpha value is 0.310. The molecule has 0 atom stereocenters. The van der Waals surface area contributed by atoms with Gasteiger partial charge in [-0.05, 0) is 10.9 Å². The van der Waals surface area contributed by atoms with Gasteiger partial charge in [0.2, 0.25) is 0 Å². The van der Waals surface area contributed by atoms with Crippen LogP contribution < -0.4 is 0 Å². The lowest BCUT2D eigenvalue weighted by atomic mass is 10.9. The topological polar surface area (TPSA) is 20.2 Å². The quantitative estimate of drug-likeness (QED) is 0.374. The van der Waals surface area contributed by atoms with E-state index in [1.807, 2.05) is 0 Å². The Morgan fingerprint density at radius 2 is 2.17 bits per heavy atom. The van der Waals surface area contributed by atoms with Crippen molar-refractivity contribution in [3.05, 3.63) is 0 Å². The summed E-state index contributed by atoms with van der Waals surface area (Å²) in [6, 6.07) is 0. The summed E-state index contributed by atoms with van der Waals surface area (Å²) in [5.41, 5.74) is 0. The second-order valence-electron chi connectivity index (χ2n) is 1.45. The van der Waals surface area contributed by atoms with Gasteiger partial charge in [0, 0.05) is 0 Å². The molecule has 1 N–H and O–H groups in total. The zero-order valence-corrected chi connectivity index (χ0v) is 4.50. The minimum absolute atomic E-state index is 0.406. The maximum absolute atomic E-state index is 8.28. The molecule has 1 aliphatic heterocycles. The van der Waals surface area contributed by atoms with Crippen LogP contribution in [-0.4, -0.2) is 29.0 Å². The summed E-state index contributed by atoms with van der Waals surface area (Å²) in [6.07, 6.45) is 0. The van der Waals surface area contributed by atoms with Gasteiger partial charge >= 0.3 is 0 Å². The molecule has 1 rings (SSSR count). The zero-order valence-electron chi connectivity index (χ0n) is 3.68. The Labute approximate surface area is 40.7 Å². The van der Waals surface area contributed by atoms with E-state index in [9.17, 15) is 0 Å². The molecule has 1 fully saturated rings. The molecule has 36 valence electrons. The van der Waals surface area contributed by atoms with Gasteiger partial charge in [-0.2, -0.15) is 0 Å². The van der Waals surface area contributed by atoms with Gasteiger partial charge in [0.15, 0.2) is 11.5 Å². The van der Waals surface area contributed by atoms with E-state index in [0.29, 0.717) is 17.5 Å². The monoisotopic (exact) mass is 105 g/mol. The van der Waals surface area contributed by atoms with Gasteiger partial charge in [0.05, 0.1) is 6.61 Å². The van der Waals surface area contributed by atoms with Crippen LogP contribution in [0.5, 0.6) is 0 Å². The predicted molar refractivity (Wildman–Crippen MR) is 29.1 cm³/mol. The van der Waals surface area contributed by atoms with Crippen molar-refractivity contribution in [2.75, 3.05) is 23.9 Å². The van der Waals surface area contributed by atoms with Crippen molar-refractivity contribution < 1.29 is 5.11 Å². The number of aliphatic hydroxyl groups excluding tert-OH is 1. The Bertz CT molecular complexity index is 42.8. The SMILES string of the molecule is OCC[S+]1CC1. The summed E-state index contributed by atoms with van der Waals surface area (Å²) in [5.74, 6) is 3.85. The van der Waals surface area contributed by atoms with Gasteiger partial charge in [-0.15, -0.1) is 0 Å². The van der Waals surface area contributed by atoms with E-state index in [2.05, 4.69) is 0 Å². The van der Waals surface area contributed by atoms with Crippen LogP contribution >= 0.6 is 0 Å². The number of rotatable bonds is 2. The number of aliphatic hydroxyl groups is 1. The normalized spacial score (nSPS) is 21.5. The summed E-state index contributed by atoms with van der Waals surface area (Å²) in [7, 11) is 0.684. The molecular weight excluding hydrogens is 96.1 g/mol. The van der Waals surface area contributed by atoms with Crippen LogP contribution in [0.2, 0.25) is 0 Å². The average molecular weight is 105 g/mol. The Morgan fingerprint density at radius 1 is 1.50 bits per heavy atom. The first-order valence-electron chi connectivity index (χ1n) is 2.18. The molecule has 0 amide bonds. The molecule has 0 aromatic heterocycles. The van der Waals surface area contributed by atoms with Gasteiger partial charge in [-0.1, -0.05) is 0 Å². The van der Waals surface area contributed by atoms with Gasteiger partial charge in [-0.25, -0.2) is 0 Å². The van der Waals surface area contributed by atoms with Crippen molar-refractivity contribution in [1.82, 2.24) is 0 Å². The molecule has 6 heavy (non-hydrogen) atoms. The highest BCUT2D eigenvalue weighted by molar-refractivity contribution is 8.03. The third-order valence-corrected chi connectivity index (χ3v) is 2.62. The molecule has 0 spiro atoms. The van der Waals surface area contributed by atoms with Crippen molar-refractivity contribution in [2.45, 2.75) is 0 Å². The lowest BCUT2D eigenvalue weighted by molar-refractivity contribution is 0.322. The second kappa shape index (κ2) is 1.85. The first-order chi connectivity index (χ1) is 2.93. The standard InChI is InChI=1S/C4H9OS/c5-1-2-6-3-4-6/h5H,1-4H2/q+1. The van der Waals surface area contributed by atoms with Crippen LogP contribution in [0, 0.1) is 0 Å². The minimum atomic E-state index is 0.406. The molecule has 0 unspecified atom stereocenters. The first-order valence-corrected chi connectivity index (χ1v) is 3.91. The second-order valence-corrected chi connectivity index (χ2v) is 3.90. The summed E-state index contributed by atoms with van der Waals surface area (Å²) in [6.45, 7) is 0.406. The maximum atomic E-state index is 8.28. The Balaban J connectivity index is 1.88. The lowest BCUT2D eigenvalue weighted by Gasteiger charge is -1.74. The third-order valence-electron chi connectivity index (χ3n) is 0.873. The smallest absolute Gasteiger partial charge is 0.152 e. The van der Waals surface area contributed by atoms with Crippen LogP contribution in [-0.2, 0) is 10.9 Å². The summed E-state index contributed by atoms with van der Waals surface area (Å²) >= 11 is 0. The van der Waals surface area contributed by atoms with E-state index in [-0.39, 0.29) is 0 Å². The molecule has 0 aliphatic carbocycles. The average Bonchev–Trinajstić information content (AvgIpc) is 2.21. The predicted octanol–water partition coefficient (Wildman–Crippen LogP) is -0.389. The number of hydrogen-bond acceptors (Lipinski definition) is 1. The van der Waals surface area contributed by atoms with Gasteiger partial charge in [0.25, 0.3) is 0 Å². The molecule has 1 nitrogen and oxygen atoms in total. The van der Waals surface area contributed by atoms with Crippen LogP contribution in [0.3, 0.4) is 0 Å². The Kier molecular flexibility index (Phi) is 1.37. The molecule has 0 aromatic rings. The largest absolute Gasteiger partial charge is 0.391 e. The van der Waals surface area contributed by atoms with Gasteiger partial charge in [0.1, 0.15) is 5.75 Å². The molecule has 0 aromatic carbocycles. The fraction of sp³-hybridized carbons (Fsp3) is 1.00. The molecule has 1 saturated heterocycles. The highest BCUT2D eigenvalue weighted by atomic mass is 32.2. The van der Waals surface area contributed by atoms with Gasteiger partial charge in [-0.3, -0.25) is 0 Å². The van der Waals surface area contributed by atoms with E-state index >= 15 is 0 Å². The first kappa shape index (κ1) is 4.47. The molecule has 0 bridgehead atoms. The zero-order chi connectivity index (χ0) is 4.41. The number of hydrogen-bond donors (Lipinski definition) is 1. The van der Waals surface area contributed by atoms with E-state index in [1.165, 1.54) is 11.5 Å². The van der Waals surface area contributed by atoms with Crippen molar-refractivity contribution >= 4 is 10.9 Å². The molecule has 1 heterocycles. The molecular formula is C4H9OS+. The molecule has 0 radical (unpaired) electrons. The molecule has 0 saturated carbocycles. The minimum Gasteiger partial charge on any atom is -0.391 e. The third kappa shape index (κ3) is 1.19. The van der Waals surface area contributed by atoms with E-state index in [0.717, 1.165) is 5.75 Å². The van der Waals surface area contributed by atoms with Crippen molar-refractivity contribution in [2.24, 2.45) is 0 Å². The molecule has 1 aliphatic rings. The van der Waals surface area contributed by atoms with Crippen molar-refractivity contribution in [3.63, 3.8) is 0 Å². The highest BCUT2D eigenvalue weighted by Gasteiger charge is 2.32. The van der Waals surface area contributed by atoms with E-state index < -0.39 is 0 Å². The van der Waals surface area contributed by atoms with E-state index in [4.69, 9.17) is 5.11 Å². The van der Waals surface area contributed by atoms with Gasteiger partial charge < -0.3 is 5.11 Å². The van der Waals surface area contributed by atoms with Crippen LogP contribution in [0.1, 0.15) is 0 Å². The Morgan fingerprint density at radius 3 is 2.33 bits per heavy atom. The summed E-state index contributed by atoms with van der Waals surface area (Å²) in [4.78, 5) is 0. The highest BCUT2D eigenvalue weighted by Crippen LogP contribution is 2.10.